The Morgan fingerprint density at radius 3 is 2.21 bits per heavy atom. The number of amides is 2. The van der Waals surface area contributed by atoms with Crippen molar-refractivity contribution in [2.45, 2.75) is 25.2 Å². The van der Waals surface area contributed by atoms with Crippen molar-refractivity contribution in [3.05, 3.63) is 35.9 Å². The number of aliphatic hydroxyl groups excluding tert-OH is 2. The molecule has 0 fully saturated rings. The lowest BCUT2D eigenvalue weighted by Gasteiger charge is -2.19. The summed E-state index contributed by atoms with van der Waals surface area (Å²) in [5.74, 6) is -4.02. The third-order valence-electron chi connectivity index (χ3n) is 3.43. The molecule has 152 valence electrons. The standard InChI is InChI=1S/C17H20N2O9/c1-9(12(21)13(22)14(23)16(25)27-2)19-11(20)8-18-17(26)28-15(24)10-6-4-3-5-7-10/h3-7,9,13-14,22-23H,8H2,1-2H3,(H,18,26)(H,19,20)/t9-,13+,14-/m0/s1. The van der Waals surface area contributed by atoms with Crippen molar-refractivity contribution in [2.24, 2.45) is 0 Å². The summed E-state index contributed by atoms with van der Waals surface area (Å²) >= 11 is 0. The van der Waals surface area contributed by atoms with Gasteiger partial charge in [-0.1, -0.05) is 18.2 Å². The van der Waals surface area contributed by atoms with Crippen LogP contribution >= 0.6 is 0 Å². The Balaban J connectivity index is 2.44. The number of nitrogens with one attached hydrogen (secondary N) is 2. The van der Waals surface area contributed by atoms with Crippen LogP contribution in [0.1, 0.15) is 17.3 Å². The minimum atomic E-state index is -2.11. The van der Waals surface area contributed by atoms with E-state index < -0.39 is 54.5 Å². The van der Waals surface area contributed by atoms with Gasteiger partial charge in [-0.2, -0.15) is 0 Å². The van der Waals surface area contributed by atoms with Crippen LogP contribution in [-0.4, -0.2) is 71.8 Å². The predicted octanol–water partition coefficient (Wildman–Crippen LogP) is -1.48. The molecule has 3 atom stereocenters. The van der Waals surface area contributed by atoms with Gasteiger partial charge in [-0.05, 0) is 19.1 Å². The topological polar surface area (TPSA) is 168 Å². The van der Waals surface area contributed by atoms with E-state index in [1.165, 1.54) is 19.1 Å². The van der Waals surface area contributed by atoms with E-state index in [0.717, 1.165) is 7.11 Å². The third kappa shape index (κ3) is 6.78. The number of hydrogen-bond acceptors (Lipinski definition) is 9. The van der Waals surface area contributed by atoms with Crippen LogP contribution in [0.4, 0.5) is 4.79 Å². The van der Waals surface area contributed by atoms with Crippen LogP contribution in [0.5, 0.6) is 0 Å². The van der Waals surface area contributed by atoms with Crippen molar-refractivity contribution in [3.63, 3.8) is 0 Å². The molecule has 1 aromatic carbocycles. The number of hydrogen-bond donors (Lipinski definition) is 4. The van der Waals surface area contributed by atoms with Gasteiger partial charge in [0.05, 0.1) is 18.7 Å². The first-order valence-electron chi connectivity index (χ1n) is 7.99. The highest BCUT2D eigenvalue weighted by Crippen LogP contribution is 2.02. The quantitative estimate of drug-likeness (QED) is 0.302. The van der Waals surface area contributed by atoms with Crippen LogP contribution in [0.25, 0.3) is 0 Å². The molecule has 0 aromatic heterocycles. The van der Waals surface area contributed by atoms with Gasteiger partial charge >= 0.3 is 18.0 Å². The Kier molecular flexibility index (Phi) is 8.72. The summed E-state index contributed by atoms with van der Waals surface area (Å²) < 4.78 is 8.68. The lowest BCUT2D eigenvalue weighted by atomic mass is 10.0. The fourth-order valence-corrected chi connectivity index (χ4v) is 1.93. The average Bonchev–Trinajstić information content (AvgIpc) is 2.70. The molecule has 0 aliphatic rings. The van der Waals surface area contributed by atoms with Crippen molar-refractivity contribution >= 4 is 29.7 Å². The number of ether oxygens (including phenoxy) is 2. The maximum Gasteiger partial charge on any atom is 0.415 e. The number of carbonyl (C=O) groups is 5. The van der Waals surface area contributed by atoms with E-state index in [1.807, 2.05) is 5.32 Å². The first kappa shape index (κ1) is 22.7. The van der Waals surface area contributed by atoms with Gasteiger partial charge in [-0.15, -0.1) is 0 Å². The van der Waals surface area contributed by atoms with E-state index in [1.54, 1.807) is 18.2 Å². The summed E-state index contributed by atoms with van der Waals surface area (Å²) in [7, 11) is 0.960. The predicted molar refractivity (Wildman–Crippen MR) is 91.9 cm³/mol. The van der Waals surface area contributed by atoms with Gasteiger partial charge in [-0.25, -0.2) is 14.4 Å². The second-order valence-electron chi connectivity index (χ2n) is 5.50. The first-order valence-corrected chi connectivity index (χ1v) is 7.99. The molecule has 0 radical (unpaired) electrons. The molecular formula is C17H20N2O9. The van der Waals surface area contributed by atoms with Crippen molar-refractivity contribution in [2.75, 3.05) is 13.7 Å². The molecule has 0 aliphatic heterocycles. The number of aliphatic hydroxyl groups is 2. The monoisotopic (exact) mass is 396 g/mol. The molecule has 0 saturated carbocycles. The Morgan fingerprint density at radius 1 is 1.04 bits per heavy atom. The highest BCUT2D eigenvalue weighted by Gasteiger charge is 2.34. The molecule has 0 unspecified atom stereocenters. The van der Waals surface area contributed by atoms with Crippen LogP contribution in [-0.2, 0) is 23.9 Å². The average molecular weight is 396 g/mol. The summed E-state index contributed by atoms with van der Waals surface area (Å²) in [4.78, 5) is 57.9. The molecule has 4 N–H and O–H groups in total. The largest absolute Gasteiger partial charge is 0.467 e. The van der Waals surface area contributed by atoms with Crippen LogP contribution in [0.3, 0.4) is 0 Å². The molecule has 0 aliphatic carbocycles. The zero-order chi connectivity index (χ0) is 21.3. The summed E-state index contributed by atoms with van der Waals surface area (Å²) in [6, 6.07) is 6.40. The molecule has 0 spiro atoms. The van der Waals surface area contributed by atoms with Crippen LogP contribution in [0.15, 0.2) is 30.3 Å². The molecule has 11 heteroatoms. The molecule has 28 heavy (non-hydrogen) atoms. The van der Waals surface area contributed by atoms with Gasteiger partial charge in [0.1, 0.15) is 6.54 Å². The van der Waals surface area contributed by atoms with Crippen LogP contribution in [0, 0.1) is 0 Å². The fraction of sp³-hybridized carbons (Fsp3) is 0.353. The second kappa shape index (κ2) is 10.7. The molecule has 0 bridgehead atoms. The van der Waals surface area contributed by atoms with E-state index in [9.17, 15) is 34.2 Å². The Labute approximate surface area is 159 Å². The molecule has 0 heterocycles. The number of methoxy groups -OCH3 is 1. The number of ketones is 1. The van der Waals surface area contributed by atoms with Crippen LogP contribution in [0.2, 0.25) is 0 Å². The van der Waals surface area contributed by atoms with Gasteiger partial charge in [-0.3, -0.25) is 9.59 Å². The molecule has 0 saturated heterocycles. The van der Waals surface area contributed by atoms with E-state index in [0.29, 0.717) is 0 Å². The van der Waals surface area contributed by atoms with Crippen molar-refractivity contribution in [3.8, 4) is 0 Å². The highest BCUT2D eigenvalue weighted by atomic mass is 16.6. The van der Waals surface area contributed by atoms with E-state index in [-0.39, 0.29) is 5.56 Å². The maximum atomic E-state index is 11.9. The molecule has 1 rings (SSSR count). The highest BCUT2D eigenvalue weighted by molar-refractivity contribution is 5.98. The van der Waals surface area contributed by atoms with Gasteiger partial charge in [0.2, 0.25) is 5.91 Å². The van der Waals surface area contributed by atoms with Crippen molar-refractivity contribution < 1.29 is 43.7 Å². The number of alkyl carbamates (subject to hydrolysis) is 1. The maximum absolute atomic E-state index is 11.9. The van der Waals surface area contributed by atoms with E-state index in [2.05, 4.69) is 14.8 Å². The Bertz CT molecular complexity index is 735. The minimum absolute atomic E-state index is 0.138. The zero-order valence-corrected chi connectivity index (χ0v) is 15.1. The number of rotatable bonds is 8. The number of esters is 2. The van der Waals surface area contributed by atoms with Gasteiger partial charge < -0.3 is 30.3 Å². The smallest absolute Gasteiger partial charge is 0.415 e. The second-order valence-corrected chi connectivity index (χ2v) is 5.50. The molecule has 2 amide bonds. The van der Waals surface area contributed by atoms with Gasteiger partial charge in [0, 0.05) is 0 Å². The third-order valence-corrected chi connectivity index (χ3v) is 3.43. The van der Waals surface area contributed by atoms with E-state index >= 15 is 0 Å². The minimum Gasteiger partial charge on any atom is -0.467 e. The van der Waals surface area contributed by atoms with Gasteiger partial charge in [0.25, 0.3) is 0 Å². The van der Waals surface area contributed by atoms with E-state index in [4.69, 9.17) is 0 Å². The first-order chi connectivity index (χ1) is 13.2. The Hall–Kier alpha value is -3.31. The number of benzene rings is 1. The Morgan fingerprint density at radius 2 is 1.64 bits per heavy atom. The normalized spacial score (nSPS) is 13.4. The SMILES string of the molecule is COC(=O)[C@@H](O)[C@H](O)C(=O)[C@H](C)NC(=O)CNC(=O)OC(=O)c1ccccc1. The van der Waals surface area contributed by atoms with Crippen molar-refractivity contribution in [1.29, 1.82) is 0 Å². The lowest BCUT2D eigenvalue weighted by Crippen LogP contribution is -2.51. The fourth-order valence-electron chi connectivity index (χ4n) is 1.93. The van der Waals surface area contributed by atoms with Crippen molar-refractivity contribution in [1.82, 2.24) is 10.6 Å². The molecule has 11 nitrogen and oxygen atoms in total. The molecular weight excluding hydrogens is 376 g/mol. The molecule has 1 aromatic rings. The zero-order valence-electron chi connectivity index (χ0n) is 15.1. The lowest BCUT2D eigenvalue weighted by molar-refractivity contribution is -0.161. The summed E-state index contributed by atoms with van der Waals surface area (Å²) in [5.41, 5.74) is 0.138. The number of carbonyl (C=O) groups excluding carboxylic acids is 5. The van der Waals surface area contributed by atoms with Crippen LogP contribution < -0.4 is 10.6 Å². The summed E-state index contributed by atoms with van der Waals surface area (Å²) in [6.07, 6.45) is -5.39. The number of Topliss-reactive ketones (excluding diaryl/α,β-unsaturated/α-hetero) is 1. The van der Waals surface area contributed by atoms with Gasteiger partial charge in [0.15, 0.2) is 18.0 Å². The summed E-state index contributed by atoms with van der Waals surface area (Å²) in [5, 5.41) is 23.2. The summed E-state index contributed by atoms with van der Waals surface area (Å²) in [6.45, 7) is 0.568.